The van der Waals surface area contributed by atoms with E-state index in [9.17, 15) is 24.5 Å². The molecular formula is C18H24N4O6. The van der Waals surface area contributed by atoms with Gasteiger partial charge in [0.1, 0.15) is 5.69 Å². The first-order valence-corrected chi connectivity index (χ1v) is 9.10. The predicted octanol–water partition coefficient (Wildman–Crippen LogP) is 2.34. The number of benzene rings is 1. The number of hydrogen-bond donors (Lipinski definition) is 3. The summed E-state index contributed by atoms with van der Waals surface area (Å²) in [4.78, 5) is 46.6. The van der Waals surface area contributed by atoms with E-state index < -0.39 is 28.9 Å². The van der Waals surface area contributed by atoms with Gasteiger partial charge in [-0.3, -0.25) is 20.2 Å². The molecule has 0 saturated heterocycles. The summed E-state index contributed by atoms with van der Waals surface area (Å²) in [6, 6.07) is 3.19. The van der Waals surface area contributed by atoms with Crippen molar-refractivity contribution >= 4 is 29.3 Å². The van der Waals surface area contributed by atoms with E-state index in [0.29, 0.717) is 0 Å². The van der Waals surface area contributed by atoms with Gasteiger partial charge < -0.3 is 15.4 Å². The molecule has 152 valence electrons. The Kier molecular flexibility index (Phi) is 7.30. The number of carbonyl (C=O) groups is 3. The summed E-state index contributed by atoms with van der Waals surface area (Å²) < 4.78 is 5.02. The van der Waals surface area contributed by atoms with Crippen LogP contribution in [0.1, 0.15) is 49.4 Å². The number of nitrogens with zero attached hydrogens (tertiary/aromatic N) is 1. The molecule has 0 spiro atoms. The van der Waals surface area contributed by atoms with Gasteiger partial charge in [0.15, 0.2) is 6.10 Å². The molecule has 1 saturated carbocycles. The van der Waals surface area contributed by atoms with Crippen LogP contribution in [0.5, 0.6) is 0 Å². The molecule has 1 aliphatic carbocycles. The Balaban J connectivity index is 1.92. The smallest absolute Gasteiger partial charge is 0.339 e. The number of nitro benzene ring substituents is 1. The largest absolute Gasteiger partial charge is 0.449 e. The zero-order chi connectivity index (χ0) is 20.7. The van der Waals surface area contributed by atoms with Gasteiger partial charge in [0.05, 0.1) is 10.5 Å². The topological polar surface area (TPSA) is 140 Å². The Morgan fingerprint density at radius 1 is 1.21 bits per heavy atom. The van der Waals surface area contributed by atoms with E-state index in [0.717, 1.165) is 38.2 Å². The van der Waals surface area contributed by atoms with Gasteiger partial charge in [0, 0.05) is 19.2 Å². The molecule has 0 heterocycles. The summed E-state index contributed by atoms with van der Waals surface area (Å²) in [6.45, 7) is 1.32. The number of nitro groups is 1. The average molecular weight is 392 g/mol. The summed E-state index contributed by atoms with van der Waals surface area (Å²) >= 11 is 0. The second kappa shape index (κ2) is 9.67. The molecule has 0 bridgehead atoms. The SMILES string of the molecule is CNc1ccc(C(=O)OC(C)C(=O)NC(=O)NC2CCCCC2)cc1[N+](=O)[O-]. The fourth-order valence-electron chi connectivity index (χ4n) is 2.99. The summed E-state index contributed by atoms with van der Waals surface area (Å²) in [5.41, 5.74) is -0.121. The molecular weight excluding hydrogens is 368 g/mol. The Bertz CT molecular complexity index is 760. The van der Waals surface area contributed by atoms with E-state index in [4.69, 9.17) is 4.74 Å². The molecule has 0 aliphatic heterocycles. The zero-order valence-corrected chi connectivity index (χ0v) is 15.8. The maximum Gasteiger partial charge on any atom is 0.339 e. The Labute approximate surface area is 162 Å². The molecule has 3 amide bonds. The van der Waals surface area contributed by atoms with Crippen LogP contribution in [0, 0.1) is 10.1 Å². The predicted molar refractivity (Wildman–Crippen MR) is 101 cm³/mol. The minimum atomic E-state index is -1.24. The molecule has 1 aliphatic rings. The fraction of sp³-hybridized carbons (Fsp3) is 0.500. The lowest BCUT2D eigenvalue weighted by Crippen LogP contribution is -2.48. The highest BCUT2D eigenvalue weighted by Gasteiger charge is 2.24. The van der Waals surface area contributed by atoms with Crippen molar-refractivity contribution in [1.82, 2.24) is 10.6 Å². The summed E-state index contributed by atoms with van der Waals surface area (Å²) in [7, 11) is 1.52. The maximum atomic E-state index is 12.2. The van der Waals surface area contributed by atoms with Crippen molar-refractivity contribution in [3.8, 4) is 0 Å². The monoisotopic (exact) mass is 392 g/mol. The van der Waals surface area contributed by atoms with Gasteiger partial charge >= 0.3 is 12.0 Å². The lowest BCUT2D eigenvalue weighted by atomic mass is 9.96. The number of rotatable bonds is 6. The second-order valence-corrected chi connectivity index (χ2v) is 6.58. The van der Waals surface area contributed by atoms with Gasteiger partial charge in [-0.2, -0.15) is 0 Å². The van der Waals surface area contributed by atoms with Crippen LogP contribution in [0.15, 0.2) is 18.2 Å². The molecule has 0 aromatic heterocycles. The highest BCUT2D eigenvalue weighted by molar-refractivity contribution is 5.98. The molecule has 10 heteroatoms. The van der Waals surface area contributed by atoms with Crippen LogP contribution in [0.25, 0.3) is 0 Å². The van der Waals surface area contributed by atoms with Gasteiger partial charge in [-0.25, -0.2) is 9.59 Å². The van der Waals surface area contributed by atoms with Crippen molar-refractivity contribution < 1.29 is 24.0 Å². The third kappa shape index (κ3) is 5.66. The summed E-state index contributed by atoms with van der Waals surface area (Å²) in [5, 5.41) is 18.6. The van der Waals surface area contributed by atoms with Crippen LogP contribution in [-0.2, 0) is 9.53 Å². The molecule has 1 aromatic carbocycles. The first-order chi connectivity index (χ1) is 13.3. The Morgan fingerprint density at radius 3 is 2.50 bits per heavy atom. The first-order valence-electron chi connectivity index (χ1n) is 9.10. The van der Waals surface area contributed by atoms with E-state index in [1.165, 1.54) is 26.1 Å². The number of urea groups is 1. The van der Waals surface area contributed by atoms with Crippen molar-refractivity contribution in [2.24, 2.45) is 0 Å². The van der Waals surface area contributed by atoms with Crippen molar-refractivity contribution in [2.75, 3.05) is 12.4 Å². The molecule has 1 atom stereocenters. The minimum Gasteiger partial charge on any atom is -0.449 e. The highest BCUT2D eigenvalue weighted by Crippen LogP contribution is 2.25. The van der Waals surface area contributed by atoms with Crippen molar-refractivity contribution in [3.63, 3.8) is 0 Å². The number of imide groups is 1. The van der Waals surface area contributed by atoms with Crippen molar-refractivity contribution in [1.29, 1.82) is 0 Å². The molecule has 3 N–H and O–H groups in total. The second-order valence-electron chi connectivity index (χ2n) is 6.58. The first kappa shape index (κ1) is 21.1. The highest BCUT2D eigenvalue weighted by atomic mass is 16.6. The van der Waals surface area contributed by atoms with Crippen LogP contribution in [0.2, 0.25) is 0 Å². The van der Waals surface area contributed by atoms with Crippen molar-refractivity contribution in [3.05, 3.63) is 33.9 Å². The van der Waals surface area contributed by atoms with Gasteiger partial charge in [-0.15, -0.1) is 0 Å². The van der Waals surface area contributed by atoms with E-state index in [2.05, 4.69) is 16.0 Å². The molecule has 0 radical (unpaired) electrons. The van der Waals surface area contributed by atoms with Gasteiger partial charge in [-0.1, -0.05) is 19.3 Å². The van der Waals surface area contributed by atoms with E-state index >= 15 is 0 Å². The molecule has 10 nitrogen and oxygen atoms in total. The molecule has 28 heavy (non-hydrogen) atoms. The average Bonchev–Trinajstić information content (AvgIpc) is 2.67. The zero-order valence-electron chi connectivity index (χ0n) is 15.8. The van der Waals surface area contributed by atoms with Crippen LogP contribution >= 0.6 is 0 Å². The van der Waals surface area contributed by atoms with Gasteiger partial charge in [0.25, 0.3) is 11.6 Å². The van der Waals surface area contributed by atoms with Crippen molar-refractivity contribution in [2.45, 2.75) is 51.2 Å². The fourth-order valence-corrected chi connectivity index (χ4v) is 2.99. The molecule has 1 aromatic rings. The Hall–Kier alpha value is -3.17. The standard InChI is InChI=1S/C18H24N4O6/c1-11(16(23)21-18(25)20-13-6-4-3-5-7-13)28-17(24)12-8-9-14(19-2)15(10-12)22(26)27/h8-11,13,19H,3-7H2,1-2H3,(H2,20,21,23,25). The molecule has 1 unspecified atom stereocenters. The van der Waals surface area contributed by atoms with Crippen LogP contribution in [-0.4, -0.2) is 42.0 Å². The van der Waals surface area contributed by atoms with Crippen LogP contribution in [0.3, 0.4) is 0 Å². The number of ether oxygens (including phenoxy) is 1. The third-order valence-electron chi connectivity index (χ3n) is 4.53. The summed E-state index contributed by atoms with van der Waals surface area (Å²) in [5.74, 6) is -1.68. The number of carbonyl (C=O) groups excluding carboxylic acids is 3. The number of nitrogens with one attached hydrogen (secondary N) is 3. The summed E-state index contributed by atoms with van der Waals surface area (Å²) in [6.07, 6.45) is 3.70. The normalized spacial score (nSPS) is 15.2. The Morgan fingerprint density at radius 2 is 1.89 bits per heavy atom. The van der Waals surface area contributed by atoms with Crippen LogP contribution in [0.4, 0.5) is 16.2 Å². The third-order valence-corrected chi connectivity index (χ3v) is 4.53. The minimum absolute atomic E-state index is 0.0330. The number of hydrogen-bond acceptors (Lipinski definition) is 7. The molecule has 1 fully saturated rings. The van der Waals surface area contributed by atoms with Gasteiger partial charge in [0.2, 0.25) is 0 Å². The maximum absolute atomic E-state index is 12.2. The number of amides is 3. The quantitative estimate of drug-likeness (QED) is 0.383. The van der Waals surface area contributed by atoms with E-state index in [-0.39, 0.29) is 23.0 Å². The van der Waals surface area contributed by atoms with Crippen LogP contribution < -0.4 is 16.0 Å². The lowest BCUT2D eigenvalue weighted by molar-refractivity contribution is -0.384. The van der Waals surface area contributed by atoms with Gasteiger partial charge in [-0.05, 0) is 31.9 Å². The number of anilines is 1. The lowest BCUT2D eigenvalue weighted by Gasteiger charge is -2.23. The van der Waals surface area contributed by atoms with E-state index in [1.54, 1.807) is 0 Å². The van der Waals surface area contributed by atoms with E-state index in [1.807, 2.05) is 0 Å². The number of esters is 1. The molecule has 2 rings (SSSR count).